The Morgan fingerprint density at radius 3 is 2.65 bits per heavy atom. The van der Waals surface area contributed by atoms with Gasteiger partial charge in [0.15, 0.2) is 0 Å². The number of amides is 1. The summed E-state index contributed by atoms with van der Waals surface area (Å²) in [5.41, 5.74) is 7.96. The quantitative estimate of drug-likeness (QED) is 0.233. The van der Waals surface area contributed by atoms with E-state index in [1.807, 2.05) is 42.5 Å². The third kappa shape index (κ3) is 10.8. The Bertz CT molecular complexity index is 909. The molecular formula is C22H27BrN4O2S2. The molecule has 6 nitrogen and oxygen atoms in total. The normalized spacial score (nSPS) is 10.3. The van der Waals surface area contributed by atoms with Crippen LogP contribution in [0.5, 0.6) is 0 Å². The number of halogens is 1. The number of nitrogens with two attached hydrogens (primary N) is 2. The number of hydrogen-bond acceptors (Lipinski definition) is 7. The van der Waals surface area contributed by atoms with Gasteiger partial charge in [-0.25, -0.2) is 9.78 Å². The molecule has 1 aromatic heterocycles. The summed E-state index contributed by atoms with van der Waals surface area (Å²) in [6, 6.07) is 17.7. The lowest BCUT2D eigenvalue weighted by Crippen LogP contribution is -2.12. The SMILES string of the molecule is NC(=O)OCc1ccccc1.NSNCCCCCc1nc(-c2cccc(Br)c2)cs1. The van der Waals surface area contributed by atoms with E-state index in [1.165, 1.54) is 35.5 Å². The second-order valence-corrected chi connectivity index (χ2v) is 8.94. The average Bonchev–Trinajstić information content (AvgIpc) is 3.25. The molecule has 1 heterocycles. The van der Waals surface area contributed by atoms with E-state index in [4.69, 9.17) is 15.9 Å². The molecule has 0 radical (unpaired) electrons. The van der Waals surface area contributed by atoms with Crippen LogP contribution in [0, 0.1) is 0 Å². The number of carbonyl (C=O) groups excluding carboxylic acids is 1. The van der Waals surface area contributed by atoms with Crippen LogP contribution >= 0.6 is 39.4 Å². The van der Waals surface area contributed by atoms with E-state index in [0.29, 0.717) is 0 Å². The lowest BCUT2D eigenvalue weighted by Gasteiger charge is -2.00. The van der Waals surface area contributed by atoms with Crippen molar-refractivity contribution in [1.82, 2.24) is 9.71 Å². The number of nitrogens with one attached hydrogen (secondary N) is 1. The maximum atomic E-state index is 10.2. The highest BCUT2D eigenvalue weighted by atomic mass is 79.9. The summed E-state index contributed by atoms with van der Waals surface area (Å²) in [6.45, 7) is 1.22. The minimum atomic E-state index is -0.742. The summed E-state index contributed by atoms with van der Waals surface area (Å²) in [4.78, 5) is 14.9. The molecule has 0 spiro atoms. The van der Waals surface area contributed by atoms with Gasteiger partial charge >= 0.3 is 6.09 Å². The fourth-order valence-electron chi connectivity index (χ4n) is 2.64. The summed E-state index contributed by atoms with van der Waals surface area (Å²) in [5, 5.41) is 8.66. The first kappa shape index (κ1) is 25.4. The molecule has 3 rings (SSSR count). The number of unbranched alkanes of at least 4 members (excludes halogenated alkanes) is 2. The Kier molecular flexibility index (Phi) is 12.3. The van der Waals surface area contributed by atoms with Crippen molar-refractivity contribution in [2.24, 2.45) is 10.9 Å². The van der Waals surface area contributed by atoms with Crippen molar-refractivity contribution >= 4 is 45.5 Å². The zero-order valence-corrected chi connectivity index (χ0v) is 20.3. The Labute approximate surface area is 200 Å². The van der Waals surface area contributed by atoms with E-state index in [0.717, 1.165) is 35.1 Å². The Hall–Kier alpha value is -1.91. The predicted molar refractivity (Wildman–Crippen MR) is 133 cm³/mol. The second kappa shape index (κ2) is 15.0. The van der Waals surface area contributed by atoms with Crippen molar-refractivity contribution < 1.29 is 9.53 Å². The number of ether oxygens (including phenoxy) is 1. The smallest absolute Gasteiger partial charge is 0.404 e. The molecule has 0 bridgehead atoms. The highest BCUT2D eigenvalue weighted by Crippen LogP contribution is 2.25. The van der Waals surface area contributed by atoms with Gasteiger partial charge in [-0.3, -0.25) is 9.86 Å². The maximum Gasteiger partial charge on any atom is 0.404 e. The van der Waals surface area contributed by atoms with Crippen LogP contribution in [0.3, 0.4) is 0 Å². The van der Waals surface area contributed by atoms with Gasteiger partial charge in [-0.15, -0.1) is 11.3 Å². The van der Waals surface area contributed by atoms with Gasteiger partial charge in [0.05, 0.1) is 10.7 Å². The Morgan fingerprint density at radius 2 is 1.94 bits per heavy atom. The molecule has 0 aliphatic carbocycles. The number of hydrogen-bond donors (Lipinski definition) is 3. The summed E-state index contributed by atoms with van der Waals surface area (Å²) in [5.74, 6) is 0. The molecule has 3 aromatic rings. The van der Waals surface area contributed by atoms with Crippen LogP contribution < -0.4 is 15.6 Å². The molecule has 0 aliphatic heterocycles. The summed E-state index contributed by atoms with van der Waals surface area (Å²) < 4.78 is 8.71. The summed E-state index contributed by atoms with van der Waals surface area (Å²) in [6.07, 6.45) is 3.87. The monoisotopic (exact) mass is 522 g/mol. The van der Waals surface area contributed by atoms with Crippen LogP contribution in [0.25, 0.3) is 11.3 Å². The van der Waals surface area contributed by atoms with Crippen LogP contribution in [-0.4, -0.2) is 17.6 Å². The molecule has 1 amide bonds. The molecule has 0 atom stereocenters. The number of thiazole rings is 1. The van der Waals surface area contributed by atoms with Gasteiger partial charge in [0.1, 0.15) is 6.61 Å². The molecule has 5 N–H and O–H groups in total. The minimum Gasteiger partial charge on any atom is -0.445 e. The molecule has 0 aliphatic rings. The van der Waals surface area contributed by atoms with E-state index in [9.17, 15) is 4.79 Å². The van der Waals surface area contributed by atoms with Crippen LogP contribution in [0.4, 0.5) is 4.79 Å². The Morgan fingerprint density at radius 1 is 1.13 bits per heavy atom. The zero-order chi connectivity index (χ0) is 22.3. The van der Waals surface area contributed by atoms with Gasteiger partial charge in [0.25, 0.3) is 0 Å². The van der Waals surface area contributed by atoms with Gasteiger partial charge in [-0.1, -0.05) is 64.8 Å². The largest absolute Gasteiger partial charge is 0.445 e. The lowest BCUT2D eigenvalue weighted by atomic mass is 10.2. The highest BCUT2D eigenvalue weighted by Gasteiger charge is 2.05. The van der Waals surface area contributed by atoms with Gasteiger partial charge in [0, 0.05) is 34.1 Å². The van der Waals surface area contributed by atoms with Gasteiger partial charge in [-0.2, -0.15) is 0 Å². The number of aromatic nitrogens is 1. The van der Waals surface area contributed by atoms with E-state index in [2.05, 4.69) is 42.9 Å². The molecule has 166 valence electrons. The number of rotatable bonds is 10. The fraction of sp³-hybridized carbons (Fsp3) is 0.273. The van der Waals surface area contributed by atoms with Crippen LogP contribution in [-0.2, 0) is 17.8 Å². The van der Waals surface area contributed by atoms with E-state index in [1.54, 1.807) is 11.3 Å². The first-order valence-electron chi connectivity index (χ1n) is 9.83. The number of nitrogens with zero attached hydrogens (tertiary/aromatic N) is 1. The number of benzene rings is 2. The molecule has 0 fully saturated rings. The third-order valence-electron chi connectivity index (χ3n) is 4.15. The van der Waals surface area contributed by atoms with Crippen LogP contribution in [0.1, 0.15) is 29.8 Å². The van der Waals surface area contributed by atoms with E-state index >= 15 is 0 Å². The van der Waals surface area contributed by atoms with Gasteiger partial charge in [0.2, 0.25) is 0 Å². The molecule has 31 heavy (non-hydrogen) atoms. The molecule has 0 saturated carbocycles. The Balaban J connectivity index is 0.000000262. The predicted octanol–water partition coefficient (Wildman–Crippen LogP) is 5.68. The van der Waals surface area contributed by atoms with E-state index in [-0.39, 0.29) is 6.61 Å². The number of primary amides is 1. The van der Waals surface area contributed by atoms with E-state index < -0.39 is 6.09 Å². The van der Waals surface area contributed by atoms with Crippen molar-refractivity contribution in [2.75, 3.05) is 6.54 Å². The average molecular weight is 524 g/mol. The standard InChI is InChI=1S/C14H18BrN3S2.C8H9NO2/c15-12-6-4-5-11(9-12)13-10-19-14(18-13)7-2-1-3-8-17-20-16;9-8(10)11-6-7-4-2-1-3-5-7/h4-6,9-10,17H,1-3,7-8,16H2;1-5H,6H2,(H2,9,10). The van der Waals surface area contributed by atoms with Crippen LogP contribution in [0.15, 0.2) is 64.5 Å². The van der Waals surface area contributed by atoms with Crippen molar-refractivity contribution in [3.63, 3.8) is 0 Å². The molecular weight excluding hydrogens is 496 g/mol. The summed E-state index contributed by atoms with van der Waals surface area (Å²) in [7, 11) is 0. The third-order valence-corrected chi connectivity index (χ3v) is 5.92. The maximum absolute atomic E-state index is 10.2. The van der Waals surface area contributed by atoms with Crippen molar-refractivity contribution in [3.05, 3.63) is 75.0 Å². The first-order chi connectivity index (χ1) is 15.1. The van der Waals surface area contributed by atoms with Crippen molar-refractivity contribution in [2.45, 2.75) is 32.3 Å². The molecule has 0 unspecified atom stereocenters. The highest BCUT2D eigenvalue weighted by molar-refractivity contribution is 9.10. The lowest BCUT2D eigenvalue weighted by molar-refractivity contribution is 0.150. The molecule has 0 saturated heterocycles. The number of aryl methyl sites for hydroxylation is 1. The van der Waals surface area contributed by atoms with Crippen molar-refractivity contribution in [3.8, 4) is 11.3 Å². The molecule has 9 heteroatoms. The zero-order valence-electron chi connectivity index (χ0n) is 17.1. The summed E-state index contributed by atoms with van der Waals surface area (Å²) >= 11 is 6.44. The molecule has 2 aromatic carbocycles. The fourth-order valence-corrected chi connectivity index (χ4v) is 4.16. The first-order valence-corrected chi connectivity index (χ1v) is 12.4. The van der Waals surface area contributed by atoms with Gasteiger partial charge < -0.3 is 10.5 Å². The minimum absolute atomic E-state index is 0.246. The second-order valence-electron chi connectivity index (χ2n) is 6.55. The number of carbonyl (C=O) groups is 1. The van der Waals surface area contributed by atoms with Gasteiger partial charge in [-0.05, 0) is 37.0 Å². The topological polar surface area (TPSA) is 103 Å². The van der Waals surface area contributed by atoms with Crippen LogP contribution in [0.2, 0.25) is 0 Å². The van der Waals surface area contributed by atoms with Crippen molar-refractivity contribution in [1.29, 1.82) is 0 Å².